The van der Waals surface area contributed by atoms with Crippen LogP contribution in [0.2, 0.25) is 0 Å². The molecule has 0 aromatic heterocycles. The van der Waals surface area contributed by atoms with Crippen LogP contribution in [0.5, 0.6) is 0 Å². The summed E-state index contributed by atoms with van der Waals surface area (Å²) in [4.78, 5) is 90.1. The lowest BCUT2D eigenvalue weighted by Gasteiger charge is -2.26. The largest absolute Gasteiger partial charge is 0.342 e. The zero-order chi connectivity index (χ0) is 41.6. The molecule has 320 valence electrons. The average Bonchev–Trinajstić information content (AvgIpc) is 3.17. The van der Waals surface area contributed by atoms with E-state index < -0.39 is 0 Å². The van der Waals surface area contributed by atoms with Gasteiger partial charge in [0.2, 0.25) is 35.4 Å². The van der Waals surface area contributed by atoms with Crippen molar-refractivity contribution in [3.05, 3.63) is 0 Å². The minimum Gasteiger partial charge on any atom is -0.342 e. The Kier molecular flexibility index (Phi) is 29.7. The van der Waals surface area contributed by atoms with Gasteiger partial charge in [0.1, 0.15) is 0 Å². The summed E-state index contributed by atoms with van der Waals surface area (Å²) in [6.45, 7) is 25.2. The quantitative estimate of drug-likeness (QED) is 0.0390. The van der Waals surface area contributed by atoms with Gasteiger partial charge in [0.05, 0.1) is 79.3 Å². The van der Waals surface area contributed by atoms with E-state index in [4.69, 9.17) is 0 Å². The molecule has 6 N–H and O–H groups in total. The van der Waals surface area contributed by atoms with Crippen LogP contribution in [-0.2, 0) is 28.8 Å². The molecule has 0 aromatic carbocycles. The molecule has 0 aliphatic rings. The van der Waals surface area contributed by atoms with Crippen molar-refractivity contribution in [1.29, 1.82) is 0 Å². The van der Waals surface area contributed by atoms with Crippen molar-refractivity contribution >= 4 is 35.4 Å². The fraction of sp³-hybridized carbons (Fsp3) is 0.833. The third-order valence-electron chi connectivity index (χ3n) is 9.23. The monoisotopic (exact) mass is 786 g/mol. The predicted octanol–water partition coefficient (Wildman–Crippen LogP) is -2.28. The topological polar surface area (TPSA) is 197 Å². The van der Waals surface area contributed by atoms with Gasteiger partial charge in [-0.1, -0.05) is 62.3 Å². The molecule has 0 spiro atoms. The van der Waals surface area contributed by atoms with Gasteiger partial charge in [0, 0.05) is 0 Å². The number of hydrogen-bond donors (Lipinski definition) is 6. The second-order valence-corrected chi connectivity index (χ2v) is 13.0. The van der Waals surface area contributed by atoms with Crippen LogP contribution in [-0.4, -0.2) is 208 Å². The molecule has 0 unspecified atom stereocenters. The predicted molar refractivity (Wildman–Crippen MR) is 215 cm³/mol. The Morgan fingerprint density at radius 2 is 0.400 bits per heavy atom. The van der Waals surface area contributed by atoms with Crippen molar-refractivity contribution in [2.45, 2.75) is 62.3 Å². The standard InChI is InChI=1S/C36H75N13O6/c1-10-43(11-2)25-37-33(52)21-48(22-34(53)38-26-44(12-3)13-4)29-41-31(50)19-47(18-9)20-32(51)42-30-49(23-35(54)39-27-45(14-5)15-6)24-36(55)40-28-46(16-7)17-8/h10-30H2,1-9H3,(H,37,52)(H,38,53)(H,39,54)(H,40,55)(H,41,50)(H,42,51). The molecule has 0 heterocycles. The zero-order valence-corrected chi connectivity index (χ0v) is 35.4. The molecule has 0 rings (SSSR count). The number of rotatable bonds is 33. The number of carbonyl (C=O) groups excluding carboxylic acids is 6. The van der Waals surface area contributed by atoms with Crippen molar-refractivity contribution < 1.29 is 28.8 Å². The summed E-state index contributed by atoms with van der Waals surface area (Å²) < 4.78 is 0. The normalized spacial score (nSPS) is 11.6. The Bertz CT molecular complexity index is 960. The summed E-state index contributed by atoms with van der Waals surface area (Å²) in [5.41, 5.74) is 0. The van der Waals surface area contributed by atoms with E-state index in [-0.39, 0.29) is 88.0 Å². The Morgan fingerprint density at radius 1 is 0.255 bits per heavy atom. The second-order valence-electron chi connectivity index (χ2n) is 13.0. The average molecular weight is 786 g/mol. The van der Waals surface area contributed by atoms with Crippen LogP contribution in [0.3, 0.4) is 0 Å². The van der Waals surface area contributed by atoms with Crippen LogP contribution >= 0.6 is 0 Å². The summed E-state index contributed by atoms with van der Waals surface area (Å²) in [7, 11) is 0. The molecule has 0 fully saturated rings. The molecular weight excluding hydrogens is 710 g/mol. The van der Waals surface area contributed by atoms with E-state index in [2.05, 4.69) is 31.9 Å². The lowest BCUT2D eigenvalue weighted by atomic mass is 10.4. The van der Waals surface area contributed by atoms with E-state index in [1.807, 2.05) is 81.9 Å². The molecule has 0 saturated carbocycles. The molecule has 0 saturated heterocycles. The lowest BCUT2D eigenvalue weighted by molar-refractivity contribution is -0.130. The Balaban J connectivity index is 5.37. The maximum Gasteiger partial charge on any atom is 0.235 e. The number of hydrogen-bond acceptors (Lipinski definition) is 13. The molecule has 55 heavy (non-hydrogen) atoms. The van der Waals surface area contributed by atoms with Gasteiger partial charge in [0.15, 0.2) is 0 Å². The Labute approximate surface area is 330 Å². The molecule has 0 aliphatic carbocycles. The third kappa shape index (κ3) is 25.3. The van der Waals surface area contributed by atoms with E-state index >= 15 is 0 Å². The zero-order valence-electron chi connectivity index (χ0n) is 35.4. The minimum absolute atomic E-state index is 0.0540. The third-order valence-corrected chi connectivity index (χ3v) is 9.23. The first kappa shape index (κ1) is 51.5. The summed E-state index contributed by atoms with van der Waals surface area (Å²) >= 11 is 0. The molecule has 19 heteroatoms. The number of nitrogens with one attached hydrogen (secondary N) is 6. The van der Waals surface area contributed by atoms with Gasteiger partial charge >= 0.3 is 0 Å². The van der Waals surface area contributed by atoms with Gasteiger partial charge in [-0.3, -0.25) is 63.1 Å². The molecule has 6 amide bonds. The van der Waals surface area contributed by atoms with Gasteiger partial charge < -0.3 is 31.9 Å². The fourth-order valence-corrected chi connectivity index (χ4v) is 5.16. The maximum absolute atomic E-state index is 13.0. The summed E-state index contributed by atoms with van der Waals surface area (Å²) in [5, 5.41) is 17.0. The second kappa shape index (κ2) is 31.7. The molecule has 0 radical (unpaired) electrons. The molecule has 0 atom stereocenters. The molecular formula is C36H75N13O6. The first-order valence-corrected chi connectivity index (χ1v) is 20.0. The Hall–Kier alpha value is -3.46. The molecule has 0 bridgehead atoms. The van der Waals surface area contributed by atoms with E-state index in [0.717, 1.165) is 52.4 Å². The van der Waals surface area contributed by atoms with Gasteiger partial charge in [-0.2, -0.15) is 0 Å². The molecule has 19 nitrogen and oxygen atoms in total. The highest BCUT2D eigenvalue weighted by Crippen LogP contribution is 1.94. The van der Waals surface area contributed by atoms with Crippen LogP contribution in [0.15, 0.2) is 0 Å². The maximum atomic E-state index is 13.0. The Morgan fingerprint density at radius 3 is 0.564 bits per heavy atom. The first-order valence-electron chi connectivity index (χ1n) is 20.0. The van der Waals surface area contributed by atoms with Crippen LogP contribution in [0.1, 0.15) is 62.3 Å². The number of amides is 6. The van der Waals surface area contributed by atoms with E-state index in [1.54, 1.807) is 14.7 Å². The van der Waals surface area contributed by atoms with E-state index in [1.165, 1.54) is 0 Å². The number of likely N-dealkylation sites (N-methyl/N-ethyl adjacent to an activating group) is 1. The van der Waals surface area contributed by atoms with Crippen LogP contribution < -0.4 is 31.9 Å². The smallest absolute Gasteiger partial charge is 0.235 e. The summed E-state index contributed by atoms with van der Waals surface area (Å²) in [6, 6.07) is 0. The van der Waals surface area contributed by atoms with Gasteiger partial charge in [0.25, 0.3) is 0 Å². The van der Waals surface area contributed by atoms with Crippen LogP contribution in [0.4, 0.5) is 0 Å². The number of carbonyl (C=O) groups is 6. The minimum atomic E-state index is -0.386. The van der Waals surface area contributed by atoms with Crippen molar-refractivity contribution in [1.82, 2.24) is 66.2 Å². The summed E-state index contributed by atoms with van der Waals surface area (Å²) in [6.07, 6.45) is 0. The van der Waals surface area contributed by atoms with Crippen LogP contribution in [0.25, 0.3) is 0 Å². The van der Waals surface area contributed by atoms with Crippen molar-refractivity contribution in [3.8, 4) is 0 Å². The van der Waals surface area contributed by atoms with Crippen LogP contribution in [0, 0.1) is 0 Å². The number of nitrogens with zero attached hydrogens (tertiary/aromatic N) is 7. The highest BCUT2D eigenvalue weighted by molar-refractivity contribution is 5.83. The van der Waals surface area contributed by atoms with Crippen molar-refractivity contribution in [2.75, 3.05) is 138 Å². The summed E-state index contributed by atoms with van der Waals surface area (Å²) in [5.74, 6) is -1.88. The molecule has 0 aromatic rings. The highest BCUT2D eigenvalue weighted by Gasteiger charge is 2.20. The van der Waals surface area contributed by atoms with Gasteiger partial charge in [-0.25, -0.2) is 0 Å². The highest BCUT2D eigenvalue weighted by atomic mass is 16.2. The van der Waals surface area contributed by atoms with Crippen molar-refractivity contribution in [3.63, 3.8) is 0 Å². The lowest BCUT2D eigenvalue weighted by Crippen LogP contribution is -2.52. The van der Waals surface area contributed by atoms with E-state index in [9.17, 15) is 28.8 Å². The SMILES string of the molecule is CCN(CC)CNC(=O)CN(CNC(=O)CN(CC)CC(=O)NCN(CC(=O)NCN(CC)CC)CC(=O)NCN(CC)CC)CC(=O)NCN(CC)CC. The van der Waals surface area contributed by atoms with E-state index in [0.29, 0.717) is 33.2 Å². The molecule has 0 aliphatic heterocycles. The van der Waals surface area contributed by atoms with Gasteiger partial charge in [-0.05, 0) is 58.9 Å². The fourth-order valence-electron chi connectivity index (χ4n) is 5.16. The van der Waals surface area contributed by atoms with Crippen molar-refractivity contribution in [2.24, 2.45) is 0 Å². The first-order chi connectivity index (χ1) is 26.3. The van der Waals surface area contributed by atoms with Gasteiger partial charge in [-0.15, -0.1) is 0 Å².